The van der Waals surface area contributed by atoms with Gasteiger partial charge in [0, 0.05) is 12.1 Å². The molecule has 1 aromatic carbocycles. The van der Waals surface area contributed by atoms with Crippen molar-refractivity contribution in [1.29, 1.82) is 0 Å². The molecule has 0 spiro atoms. The number of aliphatic hydroxyl groups is 1. The Morgan fingerprint density at radius 3 is 2.77 bits per heavy atom. The van der Waals surface area contributed by atoms with Crippen LogP contribution in [-0.4, -0.2) is 34.7 Å². The van der Waals surface area contributed by atoms with E-state index < -0.39 is 0 Å². The second kappa shape index (κ2) is 6.58. The summed E-state index contributed by atoms with van der Waals surface area (Å²) in [6.45, 7) is 1.44. The molecule has 5 heteroatoms. The standard InChI is InChI=1S/C17H21FN2O2/c1-20(10-13-3-2-4-15(13)21)11-17-19-9-16(22-17)12-5-7-14(18)8-6-12/h5-9,13,15,21H,2-4,10-11H2,1H3. The van der Waals surface area contributed by atoms with Crippen LogP contribution in [0.2, 0.25) is 0 Å². The summed E-state index contributed by atoms with van der Waals surface area (Å²) < 4.78 is 18.7. The molecule has 0 bridgehead atoms. The summed E-state index contributed by atoms with van der Waals surface area (Å²) >= 11 is 0. The molecule has 22 heavy (non-hydrogen) atoms. The molecular weight excluding hydrogens is 283 g/mol. The van der Waals surface area contributed by atoms with Crippen molar-refractivity contribution in [2.45, 2.75) is 31.9 Å². The smallest absolute Gasteiger partial charge is 0.209 e. The first-order chi connectivity index (χ1) is 10.6. The zero-order valence-corrected chi connectivity index (χ0v) is 12.7. The molecule has 1 aromatic heterocycles. The van der Waals surface area contributed by atoms with E-state index in [1.165, 1.54) is 12.1 Å². The van der Waals surface area contributed by atoms with Crippen LogP contribution < -0.4 is 0 Å². The number of hydrogen-bond acceptors (Lipinski definition) is 4. The van der Waals surface area contributed by atoms with Crippen molar-refractivity contribution in [2.24, 2.45) is 5.92 Å². The lowest BCUT2D eigenvalue weighted by atomic mass is 10.1. The Morgan fingerprint density at radius 1 is 1.32 bits per heavy atom. The van der Waals surface area contributed by atoms with Crippen LogP contribution in [0.5, 0.6) is 0 Å². The highest BCUT2D eigenvalue weighted by molar-refractivity contribution is 5.55. The fourth-order valence-corrected chi connectivity index (χ4v) is 3.06. The van der Waals surface area contributed by atoms with E-state index in [1.54, 1.807) is 18.3 Å². The highest BCUT2D eigenvalue weighted by Gasteiger charge is 2.26. The number of halogens is 1. The van der Waals surface area contributed by atoms with Crippen LogP contribution in [0.25, 0.3) is 11.3 Å². The van der Waals surface area contributed by atoms with E-state index >= 15 is 0 Å². The van der Waals surface area contributed by atoms with Gasteiger partial charge < -0.3 is 9.52 Å². The van der Waals surface area contributed by atoms with Crippen molar-refractivity contribution in [3.8, 4) is 11.3 Å². The van der Waals surface area contributed by atoms with Crippen molar-refractivity contribution >= 4 is 0 Å². The summed E-state index contributed by atoms with van der Waals surface area (Å²) in [7, 11) is 2.01. The van der Waals surface area contributed by atoms with Crippen molar-refractivity contribution < 1.29 is 13.9 Å². The molecule has 1 aliphatic carbocycles. The Kier molecular flexibility index (Phi) is 4.55. The van der Waals surface area contributed by atoms with Gasteiger partial charge in [-0.15, -0.1) is 0 Å². The van der Waals surface area contributed by atoms with E-state index in [2.05, 4.69) is 9.88 Å². The maximum absolute atomic E-state index is 12.9. The Morgan fingerprint density at radius 2 is 2.09 bits per heavy atom. The van der Waals surface area contributed by atoms with Crippen LogP contribution in [0.1, 0.15) is 25.2 Å². The van der Waals surface area contributed by atoms with Gasteiger partial charge in [0.15, 0.2) is 5.76 Å². The lowest BCUT2D eigenvalue weighted by Gasteiger charge is -2.21. The first kappa shape index (κ1) is 15.2. The Balaban J connectivity index is 1.60. The maximum atomic E-state index is 12.9. The van der Waals surface area contributed by atoms with Gasteiger partial charge in [0.2, 0.25) is 5.89 Å². The van der Waals surface area contributed by atoms with Gasteiger partial charge in [0.1, 0.15) is 5.82 Å². The average Bonchev–Trinajstić information content (AvgIpc) is 3.10. The molecule has 1 heterocycles. The van der Waals surface area contributed by atoms with Crippen molar-refractivity contribution in [2.75, 3.05) is 13.6 Å². The monoisotopic (exact) mass is 304 g/mol. The summed E-state index contributed by atoms with van der Waals surface area (Å²) in [5, 5.41) is 9.88. The fraction of sp³-hybridized carbons (Fsp3) is 0.471. The zero-order chi connectivity index (χ0) is 15.5. The molecule has 2 unspecified atom stereocenters. The predicted octanol–water partition coefficient (Wildman–Crippen LogP) is 3.07. The normalized spacial score (nSPS) is 21.6. The minimum Gasteiger partial charge on any atom is -0.439 e. The number of aromatic nitrogens is 1. The van der Waals surface area contributed by atoms with Gasteiger partial charge in [-0.25, -0.2) is 9.37 Å². The molecule has 118 valence electrons. The predicted molar refractivity (Wildman–Crippen MR) is 81.6 cm³/mol. The largest absolute Gasteiger partial charge is 0.439 e. The molecule has 0 amide bonds. The molecule has 1 fully saturated rings. The first-order valence-corrected chi connectivity index (χ1v) is 7.69. The second-order valence-electron chi connectivity index (χ2n) is 6.08. The topological polar surface area (TPSA) is 49.5 Å². The number of rotatable bonds is 5. The lowest BCUT2D eigenvalue weighted by molar-refractivity contribution is 0.105. The molecule has 1 aliphatic rings. The average molecular weight is 304 g/mol. The number of oxazole rings is 1. The SMILES string of the molecule is CN(Cc1ncc(-c2ccc(F)cc2)o1)CC1CCCC1O. The summed E-state index contributed by atoms with van der Waals surface area (Å²) in [6, 6.07) is 6.17. The number of nitrogens with zero attached hydrogens (tertiary/aromatic N) is 2. The Bertz CT molecular complexity index is 611. The molecule has 0 saturated heterocycles. The van der Waals surface area contributed by atoms with Gasteiger partial charge in [0.25, 0.3) is 0 Å². The maximum Gasteiger partial charge on any atom is 0.209 e. The molecule has 4 nitrogen and oxygen atoms in total. The number of hydrogen-bond donors (Lipinski definition) is 1. The van der Waals surface area contributed by atoms with E-state index in [0.717, 1.165) is 31.4 Å². The molecule has 2 aromatic rings. The molecule has 3 rings (SSSR count). The number of aliphatic hydroxyl groups excluding tert-OH is 1. The highest BCUT2D eigenvalue weighted by atomic mass is 19.1. The van der Waals surface area contributed by atoms with Gasteiger partial charge in [0.05, 0.1) is 18.8 Å². The third-order valence-electron chi connectivity index (χ3n) is 4.25. The number of benzene rings is 1. The Labute approximate surface area is 129 Å². The van der Waals surface area contributed by atoms with E-state index in [0.29, 0.717) is 24.1 Å². The first-order valence-electron chi connectivity index (χ1n) is 7.69. The van der Waals surface area contributed by atoms with Crippen molar-refractivity contribution in [1.82, 2.24) is 9.88 Å². The summed E-state index contributed by atoms with van der Waals surface area (Å²) in [6.07, 6.45) is 4.58. The van der Waals surface area contributed by atoms with Gasteiger partial charge in [-0.3, -0.25) is 4.90 Å². The molecule has 1 saturated carbocycles. The van der Waals surface area contributed by atoms with Gasteiger partial charge in [-0.2, -0.15) is 0 Å². The second-order valence-corrected chi connectivity index (χ2v) is 6.08. The lowest BCUT2D eigenvalue weighted by Crippen LogP contribution is -2.29. The minimum atomic E-state index is -0.265. The van der Waals surface area contributed by atoms with Gasteiger partial charge in [-0.1, -0.05) is 6.42 Å². The van der Waals surface area contributed by atoms with E-state index in [-0.39, 0.29) is 11.9 Å². The fourth-order valence-electron chi connectivity index (χ4n) is 3.06. The van der Waals surface area contributed by atoms with Crippen LogP contribution >= 0.6 is 0 Å². The molecule has 1 N–H and O–H groups in total. The summed E-state index contributed by atoms with van der Waals surface area (Å²) in [4.78, 5) is 6.41. The third-order valence-corrected chi connectivity index (χ3v) is 4.25. The highest BCUT2D eigenvalue weighted by Crippen LogP contribution is 2.26. The van der Waals surface area contributed by atoms with Crippen molar-refractivity contribution in [3.63, 3.8) is 0 Å². The van der Waals surface area contributed by atoms with Crippen LogP contribution in [0.15, 0.2) is 34.9 Å². The molecular formula is C17H21FN2O2. The molecule has 0 radical (unpaired) electrons. The minimum absolute atomic E-state index is 0.179. The van der Waals surface area contributed by atoms with Crippen LogP contribution in [0.3, 0.4) is 0 Å². The van der Waals surface area contributed by atoms with E-state index in [4.69, 9.17) is 4.42 Å². The van der Waals surface area contributed by atoms with Crippen LogP contribution in [0, 0.1) is 11.7 Å². The van der Waals surface area contributed by atoms with Gasteiger partial charge in [-0.05, 0) is 50.1 Å². The zero-order valence-electron chi connectivity index (χ0n) is 12.7. The van der Waals surface area contributed by atoms with E-state index in [9.17, 15) is 9.50 Å². The van der Waals surface area contributed by atoms with Crippen molar-refractivity contribution in [3.05, 3.63) is 42.2 Å². The molecule has 0 aliphatic heterocycles. The summed E-state index contributed by atoms with van der Waals surface area (Å²) in [5.74, 6) is 1.36. The Hall–Kier alpha value is -1.72. The van der Waals surface area contributed by atoms with E-state index in [1.807, 2.05) is 7.05 Å². The van der Waals surface area contributed by atoms with Gasteiger partial charge >= 0.3 is 0 Å². The van der Waals surface area contributed by atoms with Crippen LogP contribution in [-0.2, 0) is 6.54 Å². The summed E-state index contributed by atoms with van der Waals surface area (Å²) in [5.41, 5.74) is 0.814. The molecule has 2 atom stereocenters. The third kappa shape index (κ3) is 3.54. The quantitative estimate of drug-likeness (QED) is 0.922. The van der Waals surface area contributed by atoms with Crippen LogP contribution in [0.4, 0.5) is 4.39 Å².